The largest absolute Gasteiger partial charge is 0.352 e. The molecule has 0 saturated heterocycles. The van der Waals surface area contributed by atoms with Crippen LogP contribution in [0.4, 0.5) is 0 Å². The Balaban J connectivity index is 2.29. The second-order valence-electron chi connectivity index (χ2n) is 3.90. The van der Waals surface area contributed by atoms with Gasteiger partial charge in [0.15, 0.2) is 6.29 Å². The van der Waals surface area contributed by atoms with Crippen LogP contribution in [0.3, 0.4) is 0 Å². The van der Waals surface area contributed by atoms with Crippen LogP contribution in [0.25, 0.3) is 10.9 Å². The van der Waals surface area contributed by atoms with Gasteiger partial charge in [-0.05, 0) is 48.6 Å². The number of rotatable bonds is 1. The van der Waals surface area contributed by atoms with Gasteiger partial charge in [-0.2, -0.15) is 0 Å². The van der Waals surface area contributed by atoms with Crippen molar-refractivity contribution in [1.82, 2.24) is 4.98 Å². The van der Waals surface area contributed by atoms with Gasteiger partial charge in [0.25, 0.3) is 0 Å². The highest BCUT2D eigenvalue weighted by molar-refractivity contribution is 5.88. The lowest BCUT2D eigenvalue weighted by atomic mass is 10.1. The Bertz CT molecular complexity index is 469. The summed E-state index contributed by atoms with van der Waals surface area (Å²) in [4.78, 5) is 13.7. The standard InChI is InChI=1S/C12H11NO/c14-7-11-5-10-4-8-2-1-3-9(8)6-12(10)13-11/h4-7,13H,1-3H2. The van der Waals surface area contributed by atoms with Gasteiger partial charge in [0.2, 0.25) is 0 Å². The quantitative estimate of drug-likeness (QED) is 0.680. The van der Waals surface area contributed by atoms with Gasteiger partial charge in [-0.25, -0.2) is 0 Å². The third-order valence-electron chi connectivity index (χ3n) is 2.98. The molecule has 1 aromatic heterocycles. The fraction of sp³-hybridized carbons (Fsp3) is 0.250. The molecule has 0 radical (unpaired) electrons. The molecule has 1 aromatic carbocycles. The zero-order valence-corrected chi connectivity index (χ0v) is 7.84. The van der Waals surface area contributed by atoms with Gasteiger partial charge in [0.1, 0.15) is 0 Å². The Morgan fingerprint density at radius 2 is 1.93 bits per heavy atom. The molecule has 70 valence electrons. The number of benzene rings is 1. The molecule has 1 aliphatic carbocycles. The Morgan fingerprint density at radius 1 is 1.14 bits per heavy atom. The number of carbonyl (C=O) groups excluding carboxylic acids is 1. The van der Waals surface area contributed by atoms with Crippen LogP contribution < -0.4 is 0 Å². The Morgan fingerprint density at radius 3 is 2.71 bits per heavy atom. The maximum Gasteiger partial charge on any atom is 0.166 e. The maximum absolute atomic E-state index is 10.6. The first kappa shape index (κ1) is 7.80. The molecule has 0 atom stereocenters. The van der Waals surface area contributed by atoms with Crippen LogP contribution in [0.5, 0.6) is 0 Å². The van der Waals surface area contributed by atoms with E-state index in [9.17, 15) is 4.79 Å². The number of carbonyl (C=O) groups is 1. The van der Waals surface area contributed by atoms with E-state index in [1.54, 1.807) is 0 Å². The van der Waals surface area contributed by atoms with Crippen LogP contribution in [0.15, 0.2) is 18.2 Å². The maximum atomic E-state index is 10.6. The average molecular weight is 185 g/mol. The van der Waals surface area contributed by atoms with Crippen molar-refractivity contribution in [1.29, 1.82) is 0 Å². The van der Waals surface area contributed by atoms with E-state index in [-0.39, 0.29) is 0 Å². The summed E-state index contributed by atoms with van der Waals surface area (Å²) in [6, 6.07) is 6.31. The molecule has 0 unspecified atom stereocenters. The molecule has 14 heavy (non-hydrogen) atoms. The lowest BCUT2D eigenvalue weighted by Crippen LogP contribution is -1.81. The van der Waals surface area contributed by atoms with Gasteiger partial charge >= 0.3 is 0 Å². The van der Waals surface area contributed by atoms with Crippen molar-refractivity contribution in [3.63, 3.8) is 0 Å². The number of aldehydes is 1. The van der Waals surface area contributed by atoms with E-state index in [0.717, 1.165) is 17.2 Å². The van der Waals surface area contributed by atoms with E-state index in [1.807, 2.05) is 6.07 Å². The second-order valence-corrected chi connectivity index (χ2v) is 3.90. The SMILES string of the molecule is O=Cc1cc2cc3c(cc2[nH]1)CCC3. The van der Waals surface area contributed by atoms with Crippen molar-refractivity contribution in [2.45, 2.75) is 19.3 Å². The van der Waals surface area contributed by atoms with Crippen LogP contribution in [0, 0.1) is 0 Å². The summed E-state index contributed by atoms with van der Waals surface area (Å²) in [5, 5.41) is 1.16. The molecule has 1 N–H and O–H groups in total. The summed E-state index contributed by atoms with van der Waals surface area (Å²) in [6.07, 6.45) is 4.50. The van der Waals surface area contributed by atoms with Gasteiger partial charge in [0, 0.05) is 10.9 Å². The van der Waals surface area contributed by atoms with Gasteiger partial charge < -0.3 is 4.98 Å². The molecule has 2 heteroatoms. The molecule has 0 spiro atoms. The van der Waals surface area contributed by atoms with Crippen LogP contribution >= 0.6 is 0 Å². The molecule has 0 aliphatic heterocycles. The van der Waals surface area contributed by atoms with Crippen LogP contribution in [0.1, 0.15) is 28.0 Å². The van der Waals surface area contributed by atoms with E-state index in [1.165, 1.54) is 30.4 Å². The predicted molar refractivity (Wildman–Crippen MR) is 55.7 cm³/mol. The first-order chi connectivity index (χ1) is 6.86. The molecule has 2 nitrogen and oxygen atoms in total. The van der Waals surface area contributed by atoms with Crippen LogP contribution in [0.2, 0.25) is 0 Å². The molecule has 0 fully saturated rings. The van der Waals surface area contributed by atoms with E-state index in [0.29, 0.717) is 5.69 Å². The van der Waals surface area contributed by atoms with Gasteiger partial charge in [0.05, 0.1) is 5.69 Å². The van der Waals surface area contributed by atoms with Gasteiger partial charge in [-0.1, -0.05) is 0 Å². The minimum absolute atomic E-state index is 0.670. The lowest BCUT2D eigenvalue weighted by Gasteiger charge is -1.98. The summed E-state index contributed by atoms with van der Waals surface area (Å²) in [5.74, 6) is 0. The Labute approximate surface area is 81.9 Å². The average Bonchev–Trinajstić information content (AvgIpc) is 2.77. The molecule has 1 heterocycles. The van der Waals surface area contributed by atoms with E-state index < -0.39 is 0 Å². The minimum atomic E-state index is 0.670. The first-order valence-corrected chi connectivity index (χ1v) is 4.96. The Hall–Kier alpha value is -1.57. The smallest absolute Gasteiger partial charge is 0.166 e. The number of hydrogen-bond donors (Lipinski definition) is 1. The van der Waals surface area contributed by atoms with Gasteiger partial charge in [-0.15, -0.1) is 0 Å². The van der Waals surface area contributed by atoms with Crippen molar-refractivity contribution in [2.75, 3.05) is 0 Å². The van der Waals surface area contributed by atoms with E-state index >= 15 is 0 Å². The van der Waals surface area contributed by atoms with Gasteiger partial charge in [-0.3, -0.25) is 4.79 Å². The normalized spacial score (nSPS) is 14.6. The molecular weight excluding hydrogens is 174 g/mol. The van der Waals surface area contributed by atoms with E-state index in [2.05, 4.69) is 17.1 Å². The zero-order chi connectivity index (χ0) is 9.54. The highest BCUT2D eigenvalue weighted by Crippen LogP contribution is 2.27. The molecule has 2 aromatic rings. The van der Waals surface area contributed by atoms with Crippen molar-refractivity contribution in [3.05, 3.63) is 35.0 Å². The number of hydrogen-bond acceptors (Lipinski definition) is 1. The van der Waals surface area contributed by atoms with Crippen molar-refractivity contribution >= 4 is 17.2 Å². The topological polar surface area (TPSA) is 32.9 Å². The highest BCUT2D eigenvalue weighted by atomic mass is 16.1. The second kappa shape index (κ2) is 2.71. The third kappa shape index (κ3) is 1.00. The summed E-state index contributed by atoms with van der Waals surface area (Å²) in [6.45, 7) is 0. The summed E-state index contributed by atoms with van der Waals surface area (Å²) in [5.41, 5.74) is 4.65. The fourth-order valence-corrected chi connectivity index (χ4v) is 2.29. The predicted octanol–water partition coefficient (Wildman–Crippen LogP) is 2.47. The summed E-state index contributed by atoms with van der Waals surface area (Å²) >= 11 is 0. The number of aromatic amines is 1. The van der Waals surface area contributed by atoms with Crippen molar-refractivity contribution < 1.29 is 4.79 Å². The number of nitrogens with one attached hydrogen (secondary N) is 1. The molecule has 3 rings (SSSR count). The third-order valence-corrected chi connectivity index (χ3v) is 2.98. The molecular formula is C12H11NO. The fourth-order valence-electron chi connectivity index (χ4n) is 2.29. The Kier molecular flexibility index (Phi) is 1.51. The lowest BCUT2D eigenvalue weighted by molar-refractivity contribution is 0.112. The summed E-state index contributed by atoms with van der Waals surface area (Å²) in [7, 11) is 0. The highest BCUT2D eigenvalue weighted by Gasteiger charge is 2.12. The van der Waals surface area contributed by atoms with Crippen molar-refractivity contribution in [3.8, 4) is 0 Å². The molecule has 0 saturated carbocycles. The number of fused-ring (bicyclic) bond motifs is 2. The minimum Gasteiger partial charge on any atom is -0.352 e. The monoisotopic (exact) mass is 185 g/mol. The van der Waals surface area contributed by atoms with Crippen molar-refractivity contribution in [2.24, 2.45) is 0 Å². The van der Waals surface area contributed by atoms with Crippen LogP contribution in [-0.4, -0.2) is 11.3 Å². The number of H-pyrrole nitrogens is 1. The van der Waals surface area contributed by atoms with E-state index in [4.69, 9.17) is 0 Å². The first-order valence-electron chi connectivity index (χ1n) is 4.96. The number of aromatic nitrogens is 1. The molecule has 0 amide bonds. The number of aryl methyl sites for hydroxylation is 2. The van der Waals surface area contributed by atoms with Crippen LogP contribution in [-0.2, 0) is 12.8 Å². The molecule has 0 bridgehead atoms. The molecule has 1 aliphatic rings. The summed E-state index contributed by atoms with van der Waals surface area (Å²) < 4.78 is 0. The zero-order valence-electron chi connectivity index (χ0n) is 7.84.